The molecule has 0 radical (unpaired) electrons. The van der Waals surface area contributed by atoms with E-state index in [0.717, 1.165) is 29.1 Å². The zero-order valence-corrected chi connectivity index (χ0v) is 31.2. The van der Waals surface area contributed by atoms with Gasteiger partial charge in [0.2, 0.25) is 5.60 Å². The van der Waals surface area contributed by atoms with Crippen molar-refractivity contribution in [2.75, 3.05) is 31.1 Å². The highest BCUT2D eigenvalue weighted by atomic mass is 35.5. The smallest absolute Gasteiger partial charge is 0.352 e. The maximum absolute atomic E-state index is 13.7. The van der Waals surface area contributed by atoms with Crippen molar-refractivity contribution in [3.05, 3.63) is 55.4 Å². The maximum atomic E-state index is 13.7. The summed E-state index contributed by atoms with van der Waals surface area (Å²) in [6, 6.07) is 1.43. The number of carboxylic acids is 2. The summed E-state index contributed by atoms with van der Waals surface area (Å²) in [6.45, 7) is 6.66. The molecule has 5 heterocycles. The van der Waals surface area contributed by atoms with Crippen molar-refractivity contribution in [3.63, 3.8) is 0 Å². The number of carbonyl (C=O) groups excluding carboxylic acids is 2. The summed E-state index contributed by atoms with van der Waals surface area (Å²) in [4.78, 5) is 75.6. The number of rotatable bonds is 12. The number of carbonyl (C=O) groups is 4. The number of β-lactam (4-membered cyclic amide) rings is 1. The SMILES string of the molecule is CCn1cc(C[N+]2(CC3=C(C(=O)O)N4C(=O)C(NC(=O)C(=NOC(C)(C)C(=O)O)c5nc(N)sc5Cl)C4SC3)CCCC2)c(=O)c2cc(O)c(O)cc21. The van der Waals surface area contributed by atoms with Crippen molar-refractivity contribution >= 4 is 80.2 Å². The van der Waals surface area contributed by atoms with E-state index in [1.165, 1.54) is 37.7 Å². The second-order valence-corrected chi connectivity index (χ2v) is 16.3. The number of hydrogen-bond donors (Lipinski definition) is 6. The number of likely N-dealkylation sites (tertiary alicyclic amines) is 1. The number of thiazole rings is 1. The molecule has 2 saturated heterocycles. The molecule has 0 saturated carbocycles. The first-order valence-corrected chi connectivity index (χ1v) is 18.8. The normalized spacial score (nSPS) is 20.0. The Morgan fingerprint density at radius 2 is 1.83 bits per heavy atom. The number of benzene rings is 1. The monoisotopic (exact) mass is 790 g/mol. The predicted octanol–water partition coefficient (Wildman–Crippen LogP) is 2.26. The van der Waals surface area contributed by atoms with Gasteiger partial charge in [0.1, 0.15) is 40.2 Å². The maximum Gasteiger partial charge on any atom is 0.352 e. The molecular formula is C33H37ClN7O10S2+. The number of aliphatic carboxylic acids is 2. The number of hydrogen-bond acceptors (Lipinski definition) is 13. The third-order valence-corrected chi connectivity index (χ3v) is 12.0. The van der Waals surface area contributed by atoms with Crippen LogP contribution in [0.25, 0.3) is 10.9 Å². The second-order valence-electron chi connectivity index (χ2n) is 13.6. The fourth-order valence-electron chi connectivity index (χ4n) is 6.86. The van der Waals surface area contributed by atoms with Crippen molar-refractivity contribution in [1.82, 2.24) is 19.8 Å². The average Bonchev–Trinajstić information content (AvgIpc) is 3.70. The topological polar surface area (TPSA) is 247 Å². The number of quaternary nitrogens is 1. The Labute approximate surface area is 314 Å². The van der Waals surface area contributed by atoms with Gasteiger partial charge in [-0.25, -0.2) is 14.6 Å². The number of phenolic OH excluding ortho intramolecular Hbond substituents is 2. The number of nitrogen functional groups attached to an aromatic ring is 1. The van der Waals surface area contributed by atoms with E-state index in [9.17, 15) is 44.4 Å². The number of aryl methyl sites for hydroxylation is 1. The van der Waals surface area contributed by atoms with Crippen LogP contribution in [0.15, 0.2) is 39.5 Å². The standard InChI is InChI=1S/C33H36ClN7O10S2/c1-4-39-11-15(25(44)17-9-19(42)20(43)10-18(17)39)12-41(7-5-6-8-41)13-16-14-52-29-23(28(46)40(29)24(16)30(47)48)36-27(45)22(21-26(34)53-32(35)37-21)38-51-33(2,3)31(49)50/h9-11,23,29H,4-8,12-14H2,1-3H3,(H6-,35,36,37,38,42,43,44,45,47,48,49,50)/p+1. The van der Waals surface area contributed by atoms with E-state index < -0.39 is 52.2 Å². The molecule has 0 bridgehead atoms. The first-order valence-electron chi connectivity index (χ1n) is 16.5. The number of oxime groups is 1. The number of nitrogens with two attached hydrogens (primary N) is 1. The van der Waals surface area contributed by atoms with Crippen molar-refractivity contribution < 1.29 is 48.9 Å². The Hall–Kier alpha value is -4.85. The Morgan fingerprint density at radius 1 is 1.15 bits per heavy atom. The lowest BCUT2D eigenvalue weighted by molar-refractivity contribution is -0.925. The van der Waals surface area contributed by atoms with Crippen LogP contribution in [0, 0.1) is 0 Å². The molecule has 3 aliphatic heterocycles. The van der Waals surface area contributed by atoms with E-state index >= 15 is 0 Å². The number of phenols is 2. The molecule has 0 spiro atoms. The van der Waals surface area contributed by atoms with Crippen LogP contribution in [0.2, 0.25) is 4.34 Å². The van der Waals surface area contributed by atoms with Crippen LogP contribution in [0.4, 0.5) is 5.13 Å². The van der Waals surface area contributed by atoms with Gasteiger partial charge in [-0.3, -0.25) is 19.3 Å². The van der Waals surface area contributed by atoms with E-state index in [1.54, 1.807) is 6.20 Å². The van der Waals surface area contributed by atoms with Gasteiger partial charge in [-0.15, -0.1) is 11.8 Å². The molecular weight excluding hydrogens is 754 g/mol. The number of anilines is 1. The minimum atomic E-state index is -1.84. The summed E-state index contributed by atoms with van der Waals surface area (Å²) in [5.41, 5.74) is 4.17. The number of amides is 2. The van der Waals surface area contributed by atoms with Gasteiger partial charge in [-0.2, -0.15) is 0 Å². The van der Waals surface area contributed by atoms with Crippen LogP contribution in [-0.2, 0) is 37.1 Å². The van der Waals surface area contributed by atoms with Gasteiger partial charge >= 0.3 is 11.9 Å². The van der Waals surface area contributed by atoms with Crippen molar-refractivity contribution in [2.24, 2.45) is 5.16 Å². The molecule has 2 aromatic heterocycles. The number of fused-ring (bicyclic) bond motifs is 2. The molecule has 20 heteroatoms. The predicted molar refractivity (Wildman–Crippen MR) is 196 cm³/mol. The number of nitrogens with zero attached hydrogens (tertiary/aromatic N) is 5. The Kier molecular flexibility index (Phi) is 10.1. The molecule has 2 fully saturated rings. The molecule has 2 unspecified atom stereocenters. The van der Waals surface area contributed by atoms with Gasteiger partial charge in [0.05, 0.1) is 29.6 Å². The Balaban J connectivity index is 1.27. The number of aromatic nitrogens is 2. The van der Waals surface area contributed by atoms with E-state index in [-0.39, 0.29) is 56.3 Å². The molecule has 2 atom stereocenters. The van der Waals surface area contributed by atoms with E-state index in [0.29, 0.717) is 40.8 Å². The number of halogens is 1. The lowest BCUT2D eigenvalue weighted by Gasteiger charge is -2.50. The van der Waals surface area contributed by atoms with Crippen LogP contribution >= 0.6 is 34.7 Å². The minimum absolute atomic E-state index is 0.00448. The number of nitrogens with one attached hydrogen (secondary N) is 1. The van der Waals surface area contributed by atoms with Crippen molar-refractivity contribution in [2.45, 2.75) is 63.7 Å². The quantitative estimate of drug-likeness (QED) is 0.0508. The van der Waals surface area contributed by atoms with Crippen LogP contribution < -0.4 is 16.5 Å². The number of carboxylic acid groups (broad SMARTS) is 2. The van der Waals surface area contributed by atoms with Crippen LogP contribution in [-0.4, -0.2) is 111 Å². The molecule has 17 nitrogen and oxygen atoms in total. The molecule has 282 valence electrons. The fourth-order valence-corrected chi connectivity index (χ4v) is 9.13. The molecule has 3 aliphatic rings. The Bertz CT molecular complexity index is 2180. The van der Waals surface area contributed by atoms with Crippen molar-refractivity contribution in [1.29, 1.82) is 0 Å². The van der Waals surface area contributed by atoms with Gasteiger partial charge in [0.15, 0.2) is 27.8 Å². The highest BCUT2D eigenvalue weighted by Crippen LogP contribution is 2.42. The molecule has 0 aliphatic carbocycles. The highest BCUT2D eigenvalue weighted by molar-refractivity contribution is 8.00. The molecule has 7 N–H and O–H groups in total. The average molecular weight is 791 g/mol. The van der Waals surface area contributed by atoms with Gasteiger partial charge in [0, 0.05) is 43.0 Å². The number of thioether (sulfide) groups is 1. The van der Waals surface area contributed by atoms with Gasteiger partial charge in [-0.1, -0.05) is 28.1 Å². The summed E-state index contributed by atoms with van der Waals surface area (Å²) in [5.74, 6) is -4.86. The molecule has 2 amide bonds. The first-order chi connectivity index (χ1) is 25.0. The van der Waals surface area contributed by atoms with Crippen LogP contribution in [0.5, 0.6) is 11.5 Å². The largest absolute Gasteiger partial charge is 0.504 e. The number of aromatic hydroxyl groups is 2. The van der Waals surface area contributed by atoms with E-state index in [4.69, 9.17) is 22.2 Å². The summed E-state index contributed by atoms with van der Waals surface area (Å²) in [6.07, 6.45) is 3.43. The molecule has 3 aromatic rings. The lowest BCUT2D eigenvalue weighted by atomic mass is 10.0. The van der Waals surface area contributed by atoms with Gasteiger partial charge in [-0.05, 0) is 26.8 Å². The fraction of sp³-hybridized carbons (Fsp3) is 0.424. The summed E-state index contributed by atoms with van der Waals surface area (Å²) in [5, 5.41) is 45.9. The highest BCUT2D eigenvalue weighted by Gasteiger charge is 2.55. The summed E-state index contributed by atoms with van der Waals surface area (Å²) in [7, 11) is 0. The van der Waals surface area contributed by atoms with Crippen LogP contribution in [0.1, 0.15) is 44.9 Å². The molecule has 53 heavy (non-hydrogen) atoms. The second kappa shape index (κ2) is 14.2. The zero-order chi connectivity index (χ0) is 38.6. The summed E-state index contributed by atoms with van der Waals surface area (Å²) >= 11 is 8.35. The lowest BCUT2D eigenvalue weighted by Crippen LogP contribution is -2.71. The Morgan fingerprint density at radius 3 is 2.43 bits per heavy atom. The van der Waals surface area contributed by atoms with Crippen LogP contribution in [0.3, 0.4) is 0 Å². The number of pyridine rings is 1. The molecule has 1 aromatic carbocycles. The van der Waals surface area contributed by atoms with Crippen molar-refractivity contribution in [3.8, 4) is 11.5 Å². The minimum Gasteiger partial charge on any atom is -0.504 e. The van der Waals surface area contributed by atoms with E-state index in [2.05, 4.69) is 15.5 Å². The molecule has 6 rings (SSSR count). The van der Waals surface area contributed by atoms with Gasteiger partial charge in [0.25, 0.3) is 11.8 Å². The first kappa shape index (κ1) is 37.9. The third kappa shape index (κ3) is 7.00. The third-order valence-electron chi connectivity index (χ3n) is 9.60. The zero-order valence-electron chi connectivity index (χ0n) is 28.8. The summed E-state index contributed by atoms with van der Waals surface area (Å²) < 4.78 is 2.16. The van der Waals surface area contributed by atoms with Gasteiger partial charge < -0.3 is 45.4 Å². The van der Waals surface area contributed by atoms with E-state index in [1.807, 2.05) is 11.5 Å².